The van der Waals surface area contributed by atoms with E-state index in [2.05, 4.69) is 6.92 Å². The zero-order chi connectivity index (χ0) is 15.3. The highest BCUT2D eigenvalue weighted by molar-refractivity contribution is 5.07. The van der Waals surface area contributed by atoms with Crippen molar-refractivity contribution in [2.24, 2.45) is 23.7 Å². The summed E-state index contributed by atoms with van der Waals surface area (Å²) in [5, 5.41) is 32.2. The summed E-state index contributed by atoms with van der Waals surface area (Å²) in [4.78, 5) is 0. The maximum Gasteiger partial charge on any atom is 0.0737 e. The monoisotopic (exact) mass is 284 g/mol. The lowest BCUT2D eigenvalue weighted by atomic mass is 9.52. The summed E-state index contributed by atoms with van der Waals surface area (Å²) < 4.78 is 0. The molecular weight excluding hydrogens is 252 g/mol. The SMILES string of the molecule is CC([C@@H]1CC[C@@H](C)[C@@H]2CC[C@](C)(O)C[C@@]12O)C(C)(C)O. The van der Waals surface area contributed by atoms with Crippen LogP contribution in [-0.4, -0.2) is 32.1 Å². The van der Waals surface area contributed by atoms with Crippen LogP contribution in [0.5, 0.6) is 0 Å². The molecule has 0 aromatic rings. The predicted molar refractivity (Wildman–Crippen MR) is 80.3 cm³/mol. The molecule has 118 valence electrons. The lowest BCUT2D eigenvalue weighted by Crippen LogP contribution is -2.61. The van der Waals surface area contributed by atoms with Crippen LogP contribution >= 0.6 is 0 Å². The van der Waals surface area contributed by atoms with E-state index in [1.807, 2.05) is 27.7 Å². The third-order valence-corrected chi connectivity index (χ3v) is 6.28. The minimum Gasteiger partial charge on any atom is -0.390 e. The molecule has 6 atom stereocenters. The molecule has 0 heterocycles. The fourth-order valence-corrected chi connectivity index (χ4v) is 4.80. The van der Waals surface area contributed by atoms with Crippen LogP contribution in [0, 0.1) is 23.7 Å². The van der Waals surface area contributed by atoms with Gasteiger partial charge in [-0.15, -0.1) is 0 Å². The first-order chi connectivity index (χ1) is 8.97. The summed E-state index contributed by atoms with van der Waals surface area (Å²) >= 11 is 0. The molecule has 0 amide bonds. The summed E-state index contributed by atoms with van der Waals surface area (Å²) in [6.45, 7) is 9.76. The zero-order valence-corrected chi connectivity index (χ0v) is 13.7. The molecule has 2 aliphatic rings. The van der Waals surface area contributed by atoms with Gasteiger partial charge >= 0.3 is 0 Å². The smallest absolute Gasteiger partial charge is 0.0737 e. The maximum absolute atomic E-state index is 11.4. The molecule has 0 aromatic carbocycles. The van der Waals surface area contributed by atoms with Crippen molar-refractivity contribution in [1.82, 2.24) is 0 Å². The van der Waals surface area contributed by atoms with E-state index in [0.717, 1.165) is 25.7 Å². The van der Waals surface area contributed by atoms with Crippen molar-refractivity contribution in [3.8, 4) is 0 Å². The number of fused-ring (bicyclic) bond motifs is 1. The predicted octanol–water partition coefficient (Wildman–Crippen LogP) is 2.72. The highest BCUT2D eigenvalue weighted by Crippen LogP contribution is 2.55. The number of hydrogen-bond donors (Lipinski definition) is 3. The lowest BCUT2D eigenvalue weighted by Gasteiger charge is -2.57. The minimum absolute atomic E-state index is 0.0244. The molecule has 0 aromatic heterocycles. The number of aliphatic hydroxyl groups is 3. The van der Waals surface area contributed by atoms with Crippen molar-refractivity contribution in [3.05, 3.63) is 0 Å². The van der Waals surface area contributed by atoms with Crippen LogP contribution in [0.4, 0.5) is 0 Å². The molecular formula is C17H32O3. The summed E-state index contributed by atoms with van der Waals surface area (Å²) in [5.41, 5.74) is -2.41. The fourth-order valence-electron chi connectivity index (χ4n) is 4.80. The lowest BCUT2D eigenvalue weighted by molar-refractivity contribution is -0.208. The van der Waals surface area contributed by atoms with Crippen LogP contribution in [0.1, 0.15) is 66.7 Å². The van der Waals surface area contributed by atoms with Gasteiger partial charge in [-0.05, 0) is 70.1 Å². The van der Waals surface area contributed by atoms with Gasteiger partial charge in [-0.3, -0.25) is 0 Å². The van der Waals surface area contributed by atoms with Gasteiger partial charge in [0.1, 0.15) is 0 Å². The molecule has 3 N–H and O–H groups in total. The standard InChI is InChI=1S/C17H32O3/c1-11-6-7-14(12(2)15(3,4)18)17(20)10-16(5,19)9-8-13(11)17/h11-14,18-20H,6-10H2,1-5H3/t11-,12?,13+,14+,16+,17+/m1/s1. The van der Waals surface area contributed by atoms with Crippen molar-refractivity contribution >= 4 is 0 Å². The van der Waals surface area contributed by atoms with Gasteiger partial charge < -0.3 is 15.3 Å². The summed E-state index contributed by atoms with van der Waals surface area (Å²) in [6.07, 6.45) is 4.16. The third kappa shape index (κ3) is 2.77. The van der Waals surface area contributed by atoms with Gasteiger partial charge in [0.2, 0.25) is 0 Å². The van der Waals surface area contributed by atoms with E-state index in [-0.39, 0.29) is 17.8 Å². The number of rotatable bonds is 2. The Morgan fingerprint density at radius 1 is 1.15 bits per heavy atom. The molecule has 2 fully saturated rings. The van der Waals surface area contributed by atoms with E-state index >= 15 is 0 Å². The molecule has 0 aliphatic heterocycles. The Labute approximate surface area is 123 Å². The highest BCUT2D eigenvalue weighted by atomic mass is 16.3. The van der Waals surface area contributed by atoms with Gasteiger partial charge in [0.25, 0.3) is 0 Å². The Bertz CT molecular complexity index is 358. The molecule has 2 saturated carbocycles. The Kier molecular flexibility index (Phi) is 4.03. The largest absolute Gasteiger partial charge is 0.390 e. The normalized spacial score (nSPS) is 47.7. The Morgan fingerprint density at radius 3 is 2.30 bits per heavy atom. The molecule has 0 bridgehead atoms. The molecule has 0 saturated heterocycles. The van der Waals surface area contributed by atoms with Crippen LogP contribution in [0.25, 0.3) is 0 Å². The van der Waals surface area contributed by atoms with Gasteiger partial charge in [0.15, 0.2) is 0 Å². The average molecular weight is 284 g/mol. The van der Waals surface area contributed by atoms with E-state index in [1.54, 1.807) is 0 Å². The van der Waals surface area contributed by atoms with E-state index in [0.29, 0.717) is 12.3 Å². The highest BCUT2D eigenvalue weighted by Gasteiger charge is 2.57. The van der Waals surface area contributed by atoms with Gasteiger partial charge in [0, 0.05) is 6.42 Å². The number of hydrogen-bond acceptors (Lipinski definition) is 3. The second kappa shape index (κ2) is 4.96. The van der Waals surface area contributed by atoms with Crippen molar-refractivity contribution in [3.63, 3.8) is 0 Å². The topological polar surface area (TPSA) is 60.7 Å². The Hall–Kier alpha value is -0.120. The minimum atomic E-state index is -0.834. The third-order valence-electron chi connectivity index (χ3n) is 6.28. The molecule has 2 rings (SSSR count). The molecule has 3 nitrogen and oxygen atoms in total. The van der Waals surface area contributed by atoms with Gasteiger partial charge in [-0.1, -0.05) is 13.8 Å². The first kappa shape index (κ1) is 16.3. The first-order valence-electron chi connectivity index (χ1n) is 8.14. The second-order valence-corrected chi connectivity index (χ2v) is 8.41. The van der Waals surface area contributed by atoms with Crippen LogP contribution in [0.2, 0.25) is 0 Å². The Balaban J connectivity index is 2.33. The van der Waals surface area contributed by atoms with E-state index in [4.69, 9.17) is 0 Å². The quantitative estimate of drug-likeness (QED) is 0.730. The van der Waals surface area contributed by atoms with Gasteiger partial charge in [0.05, 0.1) is 16.8 Å². The van der Waals surface area contributed by atoms with Gasteiger partial charge in [-0.2, -0.15) is 0 Å². The van der Waals surface area contributed by atoms with Crippen molar-refractivity contribution < 1.29 is 15.3 Å². The van der Waals surface area contributed by atoms with E-state index in [9.17, 15) is 15.3 Å². The maximum atomic E-state index is 11.4. The van der Waals surface area contributed by atoms with Crippen LogP contribution in [0.3, 0.4) is 0 Å². The van der Waals surface area contributed by atoms with Crippen molar-refractivity contribution in [2.45, 2.75) is 83.5 Å². The zero-order valence-electron chi connectivity index (χ0n) is 13.7. The fraction of sp³-hybridized carbons (Fsp3) is 1.00. The van der Waals surface area contributed by atoms with Crippen molar-refractivity contribution in [2.75, 3.05) is 0 Å². The van der Waals surface area contributed by atoms with E-state index < -0.39 is 16.8 Å². The summed E-state index contributed by atoms with van der Waals surface area (Å²) in [7, 11) is 0. The van der Waals surface area contributed by atoms with Crippen LogP contribution in [-0.2, 0) is 0 Å². The average Bonchev–Trinajstić information content (AvgIpc) is 2.24. The first-order valence-corrected chi connectivity index (χ1v) is 8.14. The van der Waals surface area contributed by atoms with E-state index in [1.165, 1.54) is 0 Å². The summed E-state index contributed by atoms with van der Waals surface area (Å²) in [6, 6.07) is 0. The summed E-state index contributed by atoms with van der Waals surface area (Å²) in [5.74, 6) is 0.847. The molecule has 20 heavy (non-hydrogen) atoms. The van der Waals surface area contributed by atoms with Crippen LogP contribution < -0.4 is 0 Å². The van der Waals surface area contributed by atoms with Crippen LogP contribution in [0.15, 0.2) is 0 Å². The molecule has 3 heteroatoms. The molecule has 1 unspecified atom stereocenters. The molecule has 0 spiro atoms. The Morgan fingerprint density at radius 2 is 1.75 bits per heavy atom. The second-order valence-electron chi connectivity index (χ2n) is 8.41. The van der Waals surface area contributed by atoms with Gasteiger partial charge in [-0.25, -0.2) is 0 Å². The van der Waals surface area contributed by atoms with Crippen molar-refractivity contribution in [1.29, 1.82) is 0 Å². The molecule has 0 radical (unpaired) electrons. The molecule has 2 aliphatic carbocycles.